The Morgan fingerprint density at radius 3 is 2.72 bits per heavy atom. The molecule has 1 aromatic heterocycles. The lowest BCUT2D eigenvalue weighted by atomic mass is 9.87. The van der Waals surface area contributed by atoms with Crippen LogP contribution in [0.1, 0.15) is 36.0 Å². The molecule has 18 heavy (non-hydrogen) atoms. The second kappa shape index (κ2) is 5.44. The van der Waals surface area contributed by atoms with E-state index in [0.717, 1.165) is 31.7 Å². The maximum atomic E-state index is 12.6. The average molecular weight is 252 g/mol. The lowest BCUT2D eigenvalue weighted by Crippen LogP contribution is -2.38. The second-order valence-electron chi connectivity index (χ2n) is 4.92. The third-order valence-corrected chi connectivity index (χ3v) is 3.61. The van der Waals surface area contributed by atoms with Gasteiger partial charge in [-0.05, 0) is 25.0 Å². The molecular formula is C13H17FN2O2. The molecule has 0 radical (unpaired) electrons. The average Bonchev–Trinajstić information content (AvgIpc) is 2.86. The summed E-state index contributed by atoms with van der Waals surface area (Å²) in [6, 6.07) is 2.56. The minimum atomic E-state index is -0.603. The van der Waals surface area contributed by atoms with Gasteiger partial charge in [-0.25, -0.2) is 4.98 Å². The van der Waals surface area contributed by atoms with Crippen molar-refractivity contribution in [1.82, 2.24) is 10.3 Å². The van der Waals surface area contributed by atoms with Gasteiger partial charge in [-0.1, -0.05) is 12.8 Å². The van der Waals surface area contributed by atoms with Gasteiger partial charge in [0.25, 0.3) is 5.91 Å². The third kappa shape index (κ3) is 2.85. The van der Waals surface area contributed by atoms with Crippen LogP contribution >= 0.6 is 0 Å². The molecule has 0 spiro atoms. The number of aromatic nitrogens is 1. The van der Waals surface area contributed by atoms with Crippen molar-refractivity contribution in [2.75, 3.05) is 13.2 Å². The molecule has 1 aromatic rings. The largest absolute Gasteiger partial charge is 0.396 e. The maximum absolute atomic E-state index is 12.6. The highest BCUT2D eigenvalue weighted by molar-refractivity contribution is 5.93. The molecule has 98 valence electrons. The summed E-state index contributed by atoms with van der Waals surface area (Å²) >= 11 is 0. The van der Waals surface area contributed by atoms with E-state index in [1.807, 2.05) is 0 Å². The molecule has 0 atom stereocenters. The summed E-state index contributed by atoms with van der Waals surface area (Å²) in [4.78, 5) is 15.3. The van der Waals surface area contributed by atoms with Crippen LogP contribution in [0.25, 0.3) is 0 Å². The molecule has 1 amide bonds. The van der Waals surface area contributed by atoms with Gasteiger partial charge >= 0.3 is 0 Å². The van der Waals surface area contributed by atoms with Gasteiger partial charge in [0.15, 0.2) is 0 Å². The van der Waals surface area contributed by atoms with Crippen LogP contribution in [-0.4, -0.2) is 29.1 Å². The Labute approximate surface area is 105 Å². The first kappa shape index (κ1) is 13.0. The lowest BCUT2D eigenvalue weighted by Gasteiger charge is -2.26. The Morgan fingerprint density at radius 1 is 1.44 bits per heavy atom. The molecule has 4 nitrogen and oxygen atoms in total. The zero-order valence-electron chi connectivity index (χ0n) is 10.2. The molecule has 1 aliphatic rings. The van der Waals surface area contributed by atoms with Gasteiger partial charge in [-0.3, -0.25) is 4.79 Å². The van der Waals surface area contributed by atoms with Gasteiger partial charge in [-0.15, -0.1) is 0 Å². The molecule has 0 bridgehead atoms. The second-order valence-corrected chi connectivity index (χ2v) is 4.92. The number of halogens is 1. The van der Waals surface area contributed by atoms with E-state index in [1.165, 1.54) is 12.3 Å². The Bertz CT molecular complexity index is 414. The van der Waals surface area contributed by atoms with Crippen molar-refractivity contribution in [3.8, 4) is 0 Å². The van der Waals surface area contributed by atoms with Gasteiger partial charge in [0, 0.05) is 18.2 Å². The van der Waals surface area contributed by atoms with E-state index in [9.17, 15) is 14.3 Å². The van der Waals surface area contributed by atoms with E-state index < -0.39 is 5.95 Å². The van der Waals surface area contributed by atoms with Crippen molar-refractivity contribution in [3.63, 3.8) is 0 Å². The number of nitrogens with zero attached hydrogens (tertiary/aromatic N) is 1. The van der Waals surface area contributed by atoms with Crippen LogP contribution in [-0.2, 0) is 0 Å². The molecule has 2 N–H and O–H groups in total. The zero-order chi connectivity index (χ0) is 13.0. The van der Waals surface area contributed by atoms with Crippen LogP contribution in [0, 0.1) is 11.4 Å². The molecule has 0 aliphatic heterocycles. The summed E-state index contributed by atoms with van der Waals surface area (Å²) in [5, 5.41) is 12.2. The van der Waals surface area contributed by atoms with Crippen LogP contribution in [0.15, 0.2) is 18.3 Å². The van der Waals surface area contributed by atoms with Gasteiger partial charge < -0.3 is 10.4 Å². The fourth-order valence-corrected chi connectivity index (χ4v) is 2.40. The van der Waals surface area contributed by atoms with E-state index in [-0.39, 0.29) is 17.9 Å². The highest BCUT2D eigenvalue weighted by atomic mass is 19.1. The van der Waals surface area contributed by atoms with E-state index in [0.29, 0.717) is 12.1 Å². The molecule has 1 saturated carbocycles. The van der Waals surface area contributed by atoms with Crippen LogP contribution < -0.4 is 5.32 Å². The fourth-order valence-electron chi connectivity index (χ4n) is 2.40. The third-order valence-electron chi connectivity index (χ3n) is 3.61. The monoisotopic (exact) mass is 252 g/mol. The van der Waals surface area contributed by atoms with Crippen LogP contribution in [0.2, 0.25) is 0 Å². The summed E-state index contributed by atoms with van der Waals surface area (Å²) in [6.07, 6.45) is 5.27. The van der Waals surface area contributed by atoms with Crippen molar-refractivity contribution in [3.05, 3.63) is 29.8 Å². The normalized spacial score (nSPS) is 17.7. The Morgan fingerprint density at radius 2 is 2.17 bits per heavy atom. The molecule has 0 saturated heterocycles. The predicted molar refractivity (Wildman–Crippen MR) is 64.5 cm³/mol. The molecular weight excluding hydrogens is 235 g/mol. The number of rotatable bonds is 4. The van der Waals surface area contributed by atoms with Crippen molar-refractivity contribution in [1.29, 1.82) is 0 Å². The minimum absolute atomic E-state index is 0.0922. The summed E-state index contributed by atoms with van der Waals surface area (Å²) < 4.78 is 12.6. The van der Waals surface area contributed by atoms with Crippen molar-refractivity contribution < 1.29 is 14.3 Å². The number of hydrogen-bond acceptors (Lipinski definition) is 3. The van der Waals surface area contributed by atoms with Gasteiger partial charge in [0.05, 0.1) is 12.2 Å². The van der Waals surface area contributed by atoms with E-state index in [4.69, 9.17) is 0 Å². The summed E-state index contributed by atoms with van der Waals surface area (Å²) in [6.45, 7) is 0.550. The van der Waals surface area contributed by atoms with Gasteiger partial charge in [0.2, 0.25) is 5.95 Å². The molecule has 1 aliphatic carbocycles. The Kier molecular flexibility index (Phi) is 3.91. The molecule has 1 fully saturated rings. The number of aliphatic hydroxyl groups is 1. The molecule has 0 unspecified atom stereocenters. The van der Waals surface area contributed by atoms with E-state index >= 15 is 0 Å². The Balaban J connectivity index is 1.93. The topological polar surface area (TPSA) is 62.2 Å². The quantitative estimate of drug-likeness (QED) is 0.798. The first-order valence-electron chi connectivity index (χ1n) is 6.16. The predicted octanol–water partition coefficient (Wildman–Crippen LogP) is 1.50. The molecule has 2 rings (SSSR count). The van der Waals surface area contributed by atoms with Crippen molar-refractivity contribution >= 4 is 5.91 Å². The number of nitrogens with one attached hydrogen (secondary N) is 1. The van der Waals surface area contributed by atoms with Crippen molar-refractivity contribution in [2.24, 2.45) is 5.41 Å². The molecule has 5 heteroatoms. The molecule has 1 heterocycles. The summed E-state index contributed by atoms with van der Waals surface area (Å²) in [5.41, 5.74) is 0.158. The maximum Gasteiger partial charge on any atom is 0.252 e. The fraction of sp³-hybridized carbons (Fsp3) is 0.538. The van der Waals surface area contributed by atoms with Crippen molar-refractivity contribution in [2.45, 2.75) is 25.7 Å². The van der Waals surface area contributed by atoms with Gasteiger partial charge in [0.1, 0.15) is 0 Å². The number of aliphatic hydroxyl groups excluding tert-OH is 1. The lowest BCUT2D eigenvalue weighted by molar-refractivity contribution is 0.0880. The number of amides is 1. The summed E-state index contributed by atoms with van der Waals surface area (Å²) in [7, 11) is 0. The number of carbonyl (C=O) groups is 1. The number of pyridine rings is 1. The highest BCUT2D eigenvalue weighted by Gasteiger charge is 2.33. The minimum Gasteiger partial charge on any atom is -0.396 e. The zero-order valence-corrected chi connectivity index (χ0v) is 10.2. The number of hydrogen-bond donors (Lipinski definition) is 2. The SMILES string of the molecule is O=C(NCC1(CO)CCCC1)c1ccc(F)nc1. The Hall–Kier alpha value is -1.49. The first-order valence-corrected chi connectivity index (χ1v) is 6.16. The standard InChI is InChI=1S/C13H17FN2O2/c14-11-4-3-10(7-15-11)12(18)16-8-13(9-17)5-1-2-6-13/h3-4,7,17H,1-2,5-6,8-9H2,(H,16,18). The highest BCUT2D eigenvalue weighted by Crippen LogP contribution is 2.36. The van der Waals surface area contributed by atoms with Crippen LogP contribution in [0.5, 0.6) is 0 Å². The van der Waals surface area contributed by atoms with E-state index in [2.05, 4.69) is 10.3 Å². The van der Waals surface area contributed by atoms with E-state index in [1.54, 1.807) is 0 Å². The first-order chi connectivity index (χ1) is 8.65. The summed E-state index contributed by atoms with van der Waals surface area (Å²) in [5.74, 6) is -0.878. The molecule has 0 aromatic carbocycles. The van der Waals surface area contributed by atoms with Crippen LogP contribution in [0.4, 0.5) is 4.39 Å². The van der Waals surface area contributed by atoms with Crippen LogP contribution in [0.3, 0.4) is 0 Å². The smallest absolute Gasteiger partial charge is 0.252 e. The number of carbonyl (C=O) groups excluding carboxylic acids is 1. The van der Waals surface area contributed by atoms with Gasteiger partial charge in [-0.2, -0.15) is 4.39 Å².